The van der Waals surface area contributed by atoms with Crippen molar-refractivity contribution in [2.75, 3.05) is 26.0 Å². The van der Waals surface area contributed by atoms with Gasteiger partial charge in [-0.2, -0.15) is 0 Å². The van der Waals surface area contributed by atoms with Gasteiger partial charge in [0.15, 0.2) is 0 Å². The van der Waals surface area contributed by atoms with Gasteiger partial charge < -0.3 is 20.3 Å². The first-order chi connectivity index (χ1) is 14.3. The molecule has 1 heterocycles. The average Bonchev–Trinajstić information content (AvgIpc) is 2.71. The fourth-order valence-corrected chi connectivity index (χ4v) is 2.62. The van der Waals surface area contributed by atoms with E-state index in [1.54, 1.807) is 44.5 Å². The Morgan fingerprint density at radius 2 is 1.90 bits per heavy atom. The lowest BCUT2D eigenvalue weighted by molar-refractivity contribution is -0.136. The largest absolute Gasteiger partial charge is 0.497 e. The predicted molar refractivity (Wildman–Crippen MR) is 115 cm³/mol. The maximum Gasteiger partial charge on any atom is 0.245 e. The van der Waals surface area contributed by atoms with E-state index in [4.69, 9.17) is 4.74 Å². The zero-order valence-corrected chi connectivity index (χ0v) is 17.5. The van der Waals surface area contributed by atoms with E-state index in [0.29, 0.717) is 5.82 Å². The molecular weight excluding hydrogens is 384 g/mol. The van der Waals surface area contributed by atoms with E-state index in [0.717, 1.165) is 16.9 Å². The van der Waals surface area contributed by atoms with Crippen LogP contribution in [0.5, 0.6) is 5.75 Å². The maximum absolute atomic E-state index is 12.4. The molecule has 158 valence electrons. The Kier molecular flexibility index (Phi) is 8.10. The van der Waals surface area contributed by atoms with Gasteiger partial charge in [-0.15, -0.1) is 0 Å². The Morgan fingerprint density at radius 1 is 1.20 bits per heavy atom. The average molecular weight is 410 g/mol. The van der Waals surface area contributed by atoms with Gasteiger partial charge in [0.2, 0.25) is 17.7 Å². The van der Waals surface area contributed by atoms with Crippen LogP contribution in [0.3, 0.4) is 0 Å². The van der Waals surface area contributed by atoms with Gasteiger partial charge in [0.05, 0.1) is 13.7 Å². The Labute approximate surface area is 175 Å². The number of pyridine rings is 1. The van der Waals surface area contributed by atoms with Crippen molar-refractivity contribution in [1.29, 1.82) is 0 Å². The summed E-state index contributed by atoms with van der Waals surface area (Å²) in [6.07, 6.45) is 4.58. The van der Waals surface area contributed by atoms with Crippen LogP contribution in [-0.2, 0) is 14.4 Å². The SMILES string of the molecule is COc1ccc(/C=C/C(=O)NC(C)C(=O)N(C)CC(=O)Nc2cc(C)ccn2)cc1. The number of amides is 3. The van der Waals surface area contributed by atoms with Crippen LogP contribution in [-0.4, -0.2) is 54.3 Å². The minimum absolute atomic E-state index is 0.156. The molecular formula is C22H26N4O4. The highest BCUT2D eigenvalue weighted by molar-refractivity contribution is 5.97. The van der Waals surface area contributed by atoms with Gasteiger partial charge in [-0.3, -0.25) is 14.4 Å². The quantitative estimate of drug-likeness (QED) is 0.649. The van der Waals surface area contributed by atoms with E-state index >= 15 is 0 Å². The molecule has 2 rings (SSSR count). The monoisotopic (exact) mass is 410 g/mol. The summed E-state index contributed by atoms with van der Waals surface area (Å²) in [5.41, 5.74) is 1.78. The fourth-order valence-electron chi connectivity index (χ4n) is 2.62. The number of nitrogens with zero attached hydrogens (tertiary/aromatic N) is 2. The molecule has 1 aromatic heterocycles. The molecule has 0 aliphatic heterocycles. The summed E-state index contributed by atoms with van der Waals surface area (Å²) in [5.74, 6) is -0.0177. The van der Waals surface area contributed by atoms with Crippen LogP contribution >= 0.6 is 0 Å². The number of methoxy groups -OCH3 is 1. The number of carbonyl (C=O) groups excluding carboxylic acids is 3. The third kappa shape index (κ3) is 7.05. The van der Waals surface area contributed by atoms with E-state index in [-0.39, 0.29) is 18.4 Å². The van der Waals surface area contributed by atoms with Crippen molar-refractivity contribution in [3.05, 3.63) is 59.8 Å². The van der Waals surface area contributed by atoms with Gasteiger partial charge in [-0.1, -0.05) is 12.1 Å². The van der Waals surface area contributed by atoms with Crippen molar-refractivity contribution in [3.8, 4) is 5.75 Å². The number of anilines is 1. The molecule has 3 amide bonds. The van der Waals surface area contributed by atoms with Crippen molar-refractivity contribution >= 4 is 29.6 Å². The first-order valence-electron chi connectivity index (χ1n) is 9.38. The maximum atomic E-state index is 12.4. The summed E-state index contributed by atoms with van der Waals surface area (Å²) in [4.78, 5) is 42.0. The number of hydrogen-bond donors (Lipinski definition) is 2. The first kappa shape index (κ1) is 22.6. The number of benzene rings is 1. The van der Waals surface area contributed by atoms with Crippen molar-refractivity contribution in [2.45, 2.75) is 19.9 Å². The van der Waals surface area contributed by atoms with E-state index in [1.807, 2.05) is 25.1 Å². The first-order valence-corrected chi connectivity index (χ1v) is 9.38. The second kappa shape index (κ2) is 10.8. The topological polar surface area (TPSA) is 101 Å². The molecule has 8 heteroatoms. The van der Waals surface area contributed by atoms with Crippen molar-refractivity contribution in [2.24, 2.45) is 0 Å². The highest BCUT2D eigenvalue weighted by atomic mass is 16.5. The smallest absolute Gasteiger partial charge is 0.245 e. The van der Waals surface area contributed by atoms with Gasteiger partial charge in [0.25, 0.3) is 0 Å². The van der Waals surface area contributed by atoms with Gasteiger partial charge in [-0.25, -0.2) is 4.98 Å². The number of hydrogen-bond acceptors (Lipinski definition) is 5. The van der Waals surface area contributed by atoms with Gasteiger partial charge >= 0.3 is 0 Å². The predicted octanol–water partition coefficient (Wildman–Crippen LogP) is 2.01. The number of nitrogens with one attached hydrogen (secondary N) is 2. The summed E-state index contributed by atoms with van der Waals surface area (Å²) in [6, 6.07) is 9.97. The van der Waals surface area contributed by atoms with Gasteiger partial charge in [0.1, 0.15) is 17.6 Å². The van der Waals surface area contributed by atoms with Crippen LogP contribution < -0.4 is 15.4 Å². The molecule has 8 nitrogen and oxygen atoms in total. The highest BCUT2D eigenvalue weighted by Crippen LogP contribution is 2.12. The summed E-state index contributed by atoms with van der Waals surface area (Å²) >= 11 is 0. The number of rotatable bonds is 8. The summed E-state index contributed by atoms with van der Waals surface area (Å²) in [7, 11) is 3.08. The minimum Gasteiger partial charge on any atom is -0.497 e. The summed E-state index contributed by atoms with van der Waals surface area (Å²) in [6.45, 7) is 3.30. The molecule has 0 aliphatic rings. The second-order valence-electron chi connectivity index (χ2n) is 6.80. The molecule has 0 spiro atoms. The van der Waals surface area contributed by atoms with Crippen molar-refractivity contribution < 1.29 is 19.1 Å². The molecule has 1 atom stereocenters. The number of carbonyl (C=O) groups is 3. The normalized spacial score (nSPS) is 11.6. The van der Waals surface area contributed by atoms with Crippen molar-refractivity contribution in [1.82, 2.24) is 15.2 Å². The molecule has 1 aromatic carbocycles. The molecule has 0 saturated carbocycles. The lowest BCUT2D eigenvalue weighted by atomic mass is 10.2. The zero-order valence-electron chi connectivity index (χ0n) is 17.5. The molecule has 0 aliphatic carbocycles. The molecule has 0 saturated heterocycles. The standard InChI is InChI=1S/C22H26N4O4/c1-15-11-12-23-19(13-15)25-21(28)14-26(3)22(29)16(2)24-20(27)10-7-17-5-8-18(30-4)9-6-17/h5-13,16H,14H2,1-4H3,(H,24,27)(H,23,25,28)/b10-7+. The summed E-state index contributed by atoms with van der Waals surface area (Å²) < 4.78 is 5.08. The van der Waals surface area contributed by atoms with Crippen LogP contribution in [0, 0.1) is 6.92 Å². The Morgan fingerprint density at radius 3 is 2.53 bits per heavy atom. The Bertz CT molecular complexity index is 925. The van der Waals surface area contributed by atoms with Crippen LogP contribution in [0.2, 0.25) is 0 Å². The number of aromatic nitrogens is 1. The van der Waals surface area contributed by atoms with Crippen molar-refractivity contribution in [3.63, 3.8) is 0 Å². The van der Waals surface area contributed by atoms with Crippen LogP contribution in [0.4, 0.5) is 5.82 Å². The molecule has 2 aromatic rings. The molecule has 0 radical (unpaired) electrons. The van der Waals surface area contributed by atoms with Crippen LogP contribution in [0.25, 0.3) is 6.08 Å². The van der Waals surface area contributed by atoms with Crippen LogP contribution in [0.15, 0.2) is 48.7 Å². The zero-order chi connectivity index (χ0) is 22.1. The van der Waals surface area contributed by atoms with Gasteiger partial charge in [0, 0.05) is 19.3 Å². The van der Waals surface area contributed by atoms with E-state index in [9.17, 15) is 14.4 Å². The number of likely N-dealkylation sites (N-methyl/N-ethyl adjacent to an activating group) is 1. The lowest BCUT2D eigenvalue weighted by Crippen LogP contribution is -2.47. The summed E-state index contributed by atoms with van der Waals surface area (Å²) in [5, 5.41) is 5.24. The van der Waals surface area contributed by atoms with E-state index < -0.39 is 11.9 Å². The number of ether oxygens (including phenoxy) is 1. The third-order valence-electron chi connectivity index (χ3n) is 4.21. The lowest BCUT2D eigenvalue weighted by Gasteiger charge is -2.21. The molecule has 0 fully saturated rings. The van der Waals surface area contributed by atoms with E-state index in [1.165, 1.54) is 18.0 Å². The van der Waals surface area contributed by atoms with Crippen LogP contribution in [0.1, 0.15) is 18.1 Å². The van der Waals surface area contributed by atoms with Gasteiger partial charge in [-0.05, 0) is 55.3 Å². The fraction of sp³-hybridized carbons (Fsp3) is 0.273. The second-order valence-corrected chi connectivity index (χ2v) is 6.80. The minimum atomic E-state index is -0.784. The third-order valence-corrected chi connectivity index (χ3v) is 4.21. The van der Waals surface area contributed by atoms with E-state index in [2.05, 4.69) is 15.6 Å². The Hall–Kier alpha value is -3.68. The molecule has 30 heavy (non-hydrogen) atoms. The molecule has 1 unspecified atom stereocenters. The molecule has 0 bridgehead atoms. The molecule has 2 N–H and O–H groups in total. The number of aryl methyl sites for hydroxylation is 1. The Balaban J connectivity index is 1.83. The highest BCUT2D eigenvalue weighted by Gasteiger charge is 2.20.